The Morgan fingerprint density at radius 3 is 2.04 bits per heavy atom. The first-order chi connectivity index (χ1) is 11.5. The summed E-state index contributed by atoms with van der Waals surface area (Å²) in [7, 11) is 0. The Kier molecular flexibility index (Phi) is 7.11. The first-order valence-electron chi connectivity index (χ1n) is 8.12. The molecule has 0 aliphatic rings. The monoisotopic (exact) mass is 347 g/mol. The Bertz CT molecular complexity index is 593. The maximum atomic E-state index is 5.69. The van der Waals surface area contributed by atoms with E-state index in [1.165, 1.54) is 0 Å². The van der Waals surface area contributed by atoms with Gasteiger partial charge in [-0.25, -0.2) is 0 Å². The standard InChI is InChI=1S/C17H25N5OS/c1-12(2)18-15-20-16(19-13(3)4)22-17(21-15)24-11-10-23-14-8-6-5-7-9-14/h5-9,12-13H,10-11H2,1-4H3,(H2,18,19,20,21,22). The first-order valence-corrected chi connectivity index (χ1v) is 9.11. The van der Waals surface area contributed by atoms with E-state index in [2.05, 4.69) is 53.3 Å². The van der Waals surface area contributed by atoms with Crippen LogP contribution in [0, 0.1) is 0 Å². The molecule has 1 heterocycles. The summed E-state index contributed by atoms with van der Waals surface area (Å²) in [6, 6.07) is 10.3. The Morgan fingerprint density at radius 2 is 1.50 bits per heavy atom. The average molecular weight is 347 g/mol. The van der Waals surface area contributed by atoms with Crippen LogP contribution < -0.4 is 15.4 Å². The summed E-state index contributed by atoms with van der Waals surface area (Å²) in [5, 5.41) is 7.14. The highest BCUT2D eigenvalue weighted by molar-refractivity contribution is 7.99. The molecule has 0 aliphatic carbocycles. The number of benzene rings is 1. The Hall–Kier alpha value is -2.02. The molecule has 0 bridgehead atoms. The quantitative estimate of drug-likeness (QED) is 0.529. The van der Waals surface area contributed by atoms with E-state index in [0.29, 0.717) is 23.7 Å². The van der Waals surface area contributed by atoms with Gasteiger partial charge in [0.2, 0.25) is 11.9 Å². The summed E-state index contributed by atoms with van der Waals surface area (Å²) in [5.41, 5.74) is 0. The molecule has 7 heteroatoms. The van der Waals surface area contributed by atoms with Gasteiger partial charge in [-0.05, 0) is 39.8 Å². The van der Waals surface area contributed by atoms with E-state index in [9.17, 15) is 0 Å². The molecule has 0 saturated carbocycles. The minimum atomic E-state index is 0.263. The predicted octanol–water partition coefficient (Wildman–Crippen LogP) is 3.68. The first kappa shape index (κ1) is 18.3. The van der Waals surface area contributed by atoms with Crippen LogP contribution in [0.25, 0.3) is 0 Å². The molecule has 0 unspecified atom stereocenters. The van der Waals surface area contributed by atoms with Gasteiger partial charge in [0.15, 0.2) is 5.16 Å². The highest BCUT2D eigenvalue weighted by Gasteiger charge is 2.09. The van der Waals surface area contributed by atoms with Gasteiger partial charge in [0, 0.05) is 17.8 Å². The van der Waals surface area contributed by atoms with Crippen molar-refractivity contribution in [3.05, 3.63) is 30.3 Å². The van der Waals surface area contributed by atoms with Gasteiger partial charge in [0.05, 0.1) is 6.61 Å². The van der Waals surface area contributed by atoms with E-state index in [4.69, 9.17) is 4.74 Å². The summed E-state index contributed by atoms with van der Waals surface area (Å²) in [5.74, 6) is 2.82. The van der Waals surface area contributed by atoms with Crippen molar-refractivity contribution in [1.82, 2.24) is 15.0 Å². The van der Waals surface area contributed by atoms with Crippen LogP contribution in [0.3, 0.4) is 0 Å². The second kappa shape index (κ2) is 9.32. The molecule has 6 nitrogen and oxygen atoms in total. The molecule has 24 heavy (non-hydrogen) atoms. The lowest BCUT2D eigenvalue weighted by Crippen LogP contribution is -2.17. The number of nitrogens with zero attached hydrogens (tertiary/aromatic N) is 3. The number of rotatable bonds is 9. The summed E-state index contributed by atoms with van der Waals surface area (Å²) in [4.78, 5) is 13.3. The molecule has 130 valence electrons. The predicted molar refractivity (Wildman–Crippen MR) is 100 cm³/mol. The van der Waals surface area contributed by atoms with Gasteiger partial charge >= 0.3 is 0 Å². The van der Waals surface area contributed by atoms with Crippen LogP contribution in [0.1, 0.15) is 27.7 Å². The molecule has 1 aromatic carbocycles. The van der Waals surface area contributed by atoms with Crippen molar-refractivity contribution in [2.45, 2.75) is 44.9 Å². The highest BCUT2D eigenvalue weighted by atomic mass is 32.2. The van der Waals surface area contributed by atoms with E-state index in [1.54, 1.807) is 11.8 Å². The molecule has 0 amide bonds. The fraction of sp³-hybridized carbons (Fsp3) is 0.471. The Morgan fingerprint density at radius 1 is 0.917 bits per heavy atom. The van der Waals surface area contributed by atoms with E-state index < -0.39 is 0 Å². The topological polar surface area (TPSA) is 72.0 Å². The van der Waals surface area contributed by atoms with E-state index in [1.807, 2.05) is 30.3 Å². The molecule has 0 radical (unpaired) electrons. The molecular weight excluding hydrogens is 322 g/mol. The molecule has 1 aromatic heterocycles. The summed E-state index contributed by atoms with van der Waals surface area (Å²) < 4.78 is 5.69. The van der Waals surface area contributed by atoms with Crippen molar-refractivity contribution in [2.75, 3.05) is 23.0 Å². The molecule has 0 saturated heterocycles. The zero-order valence-electron chi connectivity index (χ0n) is 14.6. The fourth-order valence-corrected chi connectivity index (χ4v) is 2.53. The maximum absolute atomic E-state index is 5.69. The minimum absolute atomic E-state index is 0.263. The second-order valence-corrected chi connectivity index (χ2v) is 6.94. The number of hydrogen-bond acceptors (Lipinski definition) is 7. The third-order valence-electron chi connectivity index (χ3n) is 2.78. The molecule has 2 aromatic rings. The SMILES string of the molecule is CC(C)Nc1nc(NC(C)C)nc(SCCOc2ccccc2)n1. The lowest BCUT2D eigenvalue weighted by molar-refractivity contribution is 0.344. The van der Waals surface area contributed by atoms with Crippen LogP contribution in [0.15, 0.2) is 35.5 Å². The zero-order valence-corrected chi connectivity index (χ0v) is 15.4. The average Bonchev–Trinajstić information content (AvgIpc) is 2.51. The second-order valence-electron chi connectivity index (χ2n) is 5.87. The summed E-state index contributed by atoms with van der Waals surface area (Å²) in [6.07, 6.45) is 0. The molecule has 2 rings (SSSR count). The summed E-state index contributed by atoms with van der Waals surface area (Å²) in [6.45, 7) is 8.82. The third kappa shape index (κ3) is 6.62. The fourth-order valence-electron chi connectivity index (χ4n) is 1.88. The molecule has 2 N–H and O–H groups in total. The molecule has 0 aliphatic heterocycles. The van der Waals surface area contributed by atoms with Crippen LogP contribution in [0.5, 0.6) is 5.75 Å². The van der Waals surface area contributed by atoms with Crippen LogP contribution in [0.2, 0.25) is 0 Å². The van der Waals surface area contributed by atoms with E-state index in [0.717, 1.165) is 11.5 Å². The number of ether oxygens (including phenoxy) is 1. The molecule has 0 spiro atoms. The number of thioether (sulfide) groups is 1. The van der Waals surface area contributed by atoms with Crippen molar-refractivity contribution in [3.63, 3.8) is 0 Å². The van der Waals surface area contributed by atoms with Crippen LogP contribution in [0.4, 0.5) is 11.9 Å². The molecule has 0 atom stereocenters. The van der Waals surface area contributed by atoms with Gasteiger partial charge < -0.3 is 15.4 Å². The van der Waals surface area contributed by atoms with Gasteiger partial charge in [-0.15, -0.1) is 0 Å². The highest BCUT2D eigenvalue weighted by Crippen LogP contribution is 2.18. The largest absolute Gasteiger partial charge is 0.493 e. The van der Waals surface area contributed by atoms with E-state index in [-0.39, 0.29) is 12.1 Å². The van der Waals surface area contributed by atoms with Crippen molar-refractivity contribution in [2.24, 2.45) is 0 Å². The van der Waals surface area contributed by atoms with Crippen LogP contribution in [-0.2, 0) is 0 Å². The lowest BCUT2D eigenvalue weighted by atomic mass is 10.3. The number of aromatic nitrogens is 3. The van der Waals surface area contributed by atoms with Crippen molar-refractivity contribution in [3.8, 4) is 5.75 Å². The number of anilines is 2. The molecular formula is C17H25N5OS. The number of nitrogens with one attached hydrogen (secondary N) is 2. The van der Waals surface area contributed by atoms with Gasteiger partial charge in [-0.3, -0.25) is 0 Å². The van der Waals surface area contributed by atoms with Gasteiger partial charge in [0.25, 0.3) is 0 Å². The third-order valence-corrected chi connectivity index (χ3v) is 3.59. The smallest absolute Gasteiger partial charge is 0.228 e. The maximum Gasteiger partial charge on any atom is 0.228 e. The lowest BCUT2D eigenvalue weighted by Gasteiger charge is -2.13. The van der Waals surface area contributed by atoms with Crippen molar-refractivity contribution >= 4 is 23.7 Å². The zero-order chi connectivity index (χ0) is 17.4. The Balaban J connectivity index is 1.94. The van der Waals surface area contributed by atoms with Crippen molar-refractivity contribution in [1.29, 1.82) is 0 Å². The van der Waals surface area contributed by atoms with Gasteiger partial charge in [-0.2, -0.15) is 15.0 Å². The number of hydrogen-bond donors (Lipinski definition) is 2. The van der Waals surface area contributed by atoms with Gasteiger partial charge in [-0.1, -0.05) is 30.0 Å². The van der Waals surface area contributed by atoms with Crippen molar-refractivity contribution < 1.29 is 4.74 Å². The van der Waals surface area contributed by atoms with E-state index >= 15 is 0 Å². The van der Waals surface area contributed by atoms with Crippen LogP contribution >= 0.6 is 11.8 Å². The normalized spacial score (nSPS) is 10.9. The Labute approximate surface area is 147 Å². The minimum Gasteiger partial charge on any atom is -0.493 e. The van der Waals surface area contributed by atoms with Crippen LogP contribution in [-0.4, -0.2) is 39.4 Å². The van der Waals surface area contributed by atoms with Gasteiger partial charge in [0.1, 0.15) is 5.75 Å². The summed E-state index contributed by atoms with van der Waals surface area (Å²) >= 11 is 1.55. The molecule has 0 fully saturated rings. The number of para-hydroxylation sites is 1.